The van der Waals surface area contributed by atoms with Gasteiger partial charge in [0.15, 0.2) is 0 Å². The summed E-state index contributed by atoms with van der Waals surface area (Å²) in [7, 11) is 0. The van der Waals surface area contributed by atoms with Crippen LogP contribution < -0.4 is 5.32 Å². The molecule has 0 radical (unpaired) electrons. The number of H-pyrrole nitrogens is 1. The van der Waals surface area contributed by atoms with E-state index < -0.39 is 18.0 Å². The number of urea groups is 1. The maximum atomic E-state index is 11.9. The molecule has 0 fully saturated rings. The van der Waals surface area contributed by atoms with Crippen molar-refractivity contribution in [3.05, 3.63) is 30.9 Å². The number of carboxylic acids is 1. The molecule has 1 rings (SSSR count). The minimum Gasteiger partial charge on any atom is -0.480 e. The summed E-state index contributed by atoms with van der Waals surface area (Å²) in [6, 6.07) is -1.42. The van der Waals surface area contributed by atoms with Crippen molar-refractivity contribution in [2.45, 2.75) is 19.4 Å². The minimum absolute atomic E-state index is 0.159. The number of hydrogen-bond donors (Lipinski definition) is 3. The average Bonchev–Trinajstić information content (AvgIpc) is 2.87. The number of imidazole rings is 1. The topological polar surface area (TPSA) is 98.3 Å². The van der Waals surface area contributed by atoms with Gasteiger partial charge in [-0.3, -0.25) is 0 Å². The van der Waals surface area contributed by atoms with Crippen LogP contribution in [0.4, 0.5) is 4.79 Å². The van der Waals surface area contributed by atoms with Crippen LogP contribution in [0.1, 0.15) is 12.6 Å². The quantitative estimate of drug-likeness (QED) is 0.630. The van der Waals surface area contributed by atoms with E-state index in [-0.39, 0.29) is 6.42 Å². The number of likely N-dealkylation sites (N-methyl/N-ethyl adjacent to an activating group) is 1. The molecule has 0 aliphatic carbocycles. The number of nitrogens with zero attached hydrogens (tertiary/aromatic N) is 2. The first-order valence-corrected chi connectivity index (χ1v) is 5.94. The number of nitrogens with one attached hydrogen (secondary N) is 2. The number of carbonyl (C=O) groups is 2. The molecule has 3 N–H and O–H groups in total. The molecular formula is C12H18N4O3. The van der Waals surface area contributed by atoms with Crippen molar-refractivity contribution in [1.29, 1.82) is 0 Å². The number of amides is 2. The Bertz CT molecular complexity index is 430. The summed E-state index contributed by atoms with van der Waals surface area (Å²) in [4.78, 5) is 31.1. The molecule has 0 saturated heterocycles. The Morgan fingerprint density at radius 3 is 2.89 bits per heavy atom. The second kappa shape index (κ2) is 7.20. The first kappa shape index (κ1) is 14.7. The predicted molar refractivity (Wildman–Crippen MR) is 69.7 cm³/mol. The van der Waals surface area contributed by atoms with Crippen LogP contribution in [0.3, 0.4) is 0 Å². The van der Waals surface area contributed by atoms with Crippen LogP contribution in [-0.2, 0) is 11.2 Å². The summed E-state index contributed by atoms with van der Waals surface area (Å²) in [6.45, 7) is 6.22. The predicted octanol–water partition coefficient (Wildman–Crippen LogP) is 0.623. The van der Waals surface area contributed by atoms with Gasteiger partial charge in [0.25, 0.3) is 0 Å². The van der Waals surface area contributed by atoms with E-state index in [1.54, 1.807) is 6.08 Å². The Hall–Kier alpha value is -2.31. The van der Waals surface area contributed by atoms with Crippen molar-refractivity contribution >= 4 is 12.0 Å². The molecule has 1 heterocycles. The lowest BCUT2D eigenvalue weighted by atomic mass is 10.1. The Morgan fingerprint density at radius 1 is 1.68 bits per heavy atom. The Balaban J connectivity index is 2.65. The van der Waals surface area contributed by atoms with Gasteiger partial charge in [-0.15, -0.1) is 6.58 Å². The monoisotopic (exact) mass is 266 g/mol. The molecule has 7 nitrogen and oxygen atoms in total. The molecule has 0 unspecified atom stereocenters. The molecule has 1 atom stereocenters. The standard InChI is InChI=1S/C12H18N4O3/c1-3-5-16(4-2)12(19)15-10(11(17)18)6-9-7-13-8-14-9/h3,7-8,10H,1,4-6H2,2H3,(H,13,14)(H,15,19)(H,17,18)/t10-/m0/s1. The molecule has 7 heteroatoms. The van der Waals surface area contributed by atoms with E-state index in [9.17, 15) is 9.59 Å². The number of carbonyl (C=O) groups excluding carboxylic acids is 1. The fourth-order valence-corrected chi connectivity index (χ4v) is 1.57. The fraction of sp³-hybridized carbons (Fsp3) is 0.417. The first-order chi connectivity index (χ1) is 9.08. The zero-order valence-electron chi connectivity index (χ0n) is 10.8. The van der Waals surface area contributed by atoms with Crippen molar-refractivity contribution in [2.75, 3.05) is 13.1 Å². The third-order valence-electron chi connectivity index (χ3n) is 2.59. The van der Waals surface area contributed by atoms with Gasteiger partial charge in [-0.2, -0.15) is 0 Å². The van der Waals surface area contributed by atoms with Gasteiger partial charge in [0.2, 0.25) is 0 Å². The minimum atomic E-state index is -1.09. The third kappa shape index (κ3) is 4.46. The molecule has 0 spiro atoms. The molecule has 2 amide bonds. The van der Waals surface area contributed by atoms with E-state index >= 15 is 0 Å². The zero-order valence-corrected chi connectivity index (χ0v) is 10.8. The molecule has 1 aromatic heterocycles. The van der Waals surface area contributed by atoms with Crippen LogP contribution >= 0.6 is 0 Å². The van der Waals surface area contributed by atoms with Crippen LogP contribution in [0, 0.1) is 0 Å². The second-order valence-electron chi connectivity index (χ2n) is 3.95. The lowest BCUT2D eigenvalue weighted by Gasteiger charge is -2.22. The first-order valence-electron chi connectivity index (χ1n) is 5.94. The molecule has 0 aromatic carbocycles. The summed E-state index contributed by atoms with van der Waals surface area (Å²) in [5.41, 5.74) is 0.652. The van der Waals surface area contributed by atoms with E-state index in [0.717, 1.165) is 0 Å². The number of aromatic amines is 1. The molecule has 104 valence electrons. The van der Waals surface area contributed by atoms with Crippen LogP contribution in [-0.4, -0.2) is 51.1 Å². The van der Waals surface area contributed by atoms with Crippen LogP contribution in [0.5, 0.6) is 0 Å². The molecular weight excluding hydrogens is 248 g/mol. The van der Waals surface area contributed by atoms with Crippen molar-refractivity contribution in [3.63, 3.8) is 0 Å². The molecule has 0 aliphatic rings. The number of hydrogen-bond acceptors (Lipinski definition) is 3. The van der Waals surface area contributed by atoms with Gasteiger partial charge in [-0.25, -0.2) is 14.6 Å². The van der Waals surface area contributed by atoms with Crippen molar-refractivity contribution in [1.82, 2.24) is 20.2 Å². The van der Waals surface area contributed by atoms with Crippen LogP contribution in [0.2, 0.25) is 0 Å². The molecule has 0 bridgehead atoms. The van der Waals surface area contributed by atoms with Gasteiger partial charge >= 0.3 is 12.0 Å². The van der Waals surface area contributed by atoms with Crippen molar-refractivity contribution < 1.29 is 14.7 Å². The average molecular weight is 266 g/mol. The van der Waals surface area contributed by atoms with E-state index in [2.05, 4.69) is 21.9 Å². The van der Waals surface area contributed by atoms with Crippen molar-refractivity contribution in [3.8, 4) is 0 Å². The summed E-state index contributed by atoms with van der Waals surface area (Å²) in [6.07, 6.45) is 4.75. The van der Waals surface area contributed by atoms with Gasteiger partial charge in [0, 0.05) is 31.4 Å². The zero-order chi connectivity index (χ0) is 14.3. The molecule has 0 aliphatic heterocycles. The van der Waals surface area contributed by atoms with E-state index in [1.165, 1.54) is 17.4 Å². The summed E-state index contributed by atoms with van der Waals surface area (Å²) < 4.78 is 0. The fourth-order valence-electron chi connectivity index (χ4n) is 1.57. The van der Waals surface area contributed by atoms with Gasteiger partial charge in [-0.05, 0) is 6.92 Å². The van der Waals surface area contributed by atoms with Gasteiger partial charge in [0.1, 0.15) is 6.04 Å². The highest BCUT2D eigenvalue weighted by molar-refractivity contribution is 5.82. The lowest BCUT2D eigenvalue weighted by Crippen LogP contribution is -2.48. The Morgan fingerprint density at radius 2 is 2.42 bits per heavy atom. The highest BCUT2D eigenvalue weighted by Gasteiger charge is 2.23. The van der Waals surface area contributed by atoms with Gasteiger partial charge in [0.05, 0.1) is 6.33 Å². The molecule has 19 heavy (non-hydrogen) atoms. The van der Waals surface area contributed by atoms with Crippen LogP contribution in [0.25, 0.3) is 0 Å². The number of aliphatic carboxylic acids is 1. The largest absolute Gasteiger partial charge is 0.480 e. The lowest BCUT2D eigenvalue weighted by molar-refractivity contribution is -0.139. The number of aromatic nitrogens is 2. The normalized spacial score (nSPS) is 11.6. The number of rotatable bonds is 7. The molecule has 0 saturated carbocycles. The summed E-state index contributed by atoms with van der Waals surface area (Å²) >= 11 is 0. The third-order valence-corrected chi connectivity index (χ3v) is 2.59. The Labute approximate surface area is 111 Å². The smallest absolute Gasteiger partial charge is 0.326 e. The SMILES string of the molecule is C=CCN(CC)C(=O)N[C@@H](Cc1cnc[nH]1)C(=O)O. The summed E-state index contributed by atoms with van der Waals surface area (Å²) in [5.74, 6) is -1.09. The maximum absolute atomic E-state index is 11.9. The molecule has 1 aromatic rings. The maximum Gasteiger partial charge on any atom is 0.326 e. The Kier molecular flexibility index (Phi) is 5.59. The van der Waals surface area contributed by atoms with Gasteiger partial charge in [-0.1, -0.05) is 6.08 Å². The van der Waals surface area contributed by atoms with Crippen LogP contribution in [0.15, 0.2) is 25.2 Å². The number of carboxylic acid groups (broad SMARTS) is 1. The van der Waals surface area contributed by atoms with E-state index in [1.807, 2.05) is 6.92 Å². The summed E-state index contributed by atoms with van der Waals surface area (Å²) in [5, 5.41) is 11.6. The van der Waals surface area contributed by atoms with Gasteiger partial charge < -0.3 is 20.3 Å². The van der Waals surface area contributed by atoms with E-state index in [0.29, 0.717) is 18.8 Å². The highest BCUT2D eigenvalue weighted by atomic mass is 16.4. The van der Waals surface area contributed by atoms with Crippen molar-refractivity contribution in [2.24, 2.45) is 0 Å². The second-order valence-corrected chi connectivity index (χ2v) is 3.95. The highest BCUT2D eigenvalue weighted by Crippen LogP contribution is 2.00. The van der Waals surface area contributed by atoms with E-state index in [4.69, 9.17) is 5.11 Å².